The number of methoxy groups -OCH3 is 1. The van der Waals surface area contributed by atoms with Gasteiger partial charge in [-0.2, -0.15) is 0 Å². The lowest BCUT2D eigenvalue weighted by Gasteiger charge is -2.39. The number of ether oxygens (including phenoxy) is 1. The Bertz CT molecular complexity index is 266. The second-order valence-electron chi connectivity index (χ2n) is 5.78. The molecule has 0 amide bonds. The first-order valence-electron chi connectivity index (χ1n) is 6.14. The Kier molecular flexibility index (Phi) is 2.14. The van der Waals surface area contributed by atoms with Crippen molar-refractivity contribution in [2.24, 2.45) is 23.0 Å². The molecule has 0 aromatic carbocycles. The van der Waals surface area contributed by atoms with E-state index in [1.54, 1.807) is 7.11 Å². The molecule has 3 nitrogen and oxygen atoms in total. The lowest BCUT2D eigenvalue weighted by Crippen LogP contribution is -2.45. The average molecular weight is 211 g/mol. The summed E-state index contributed by atoms with van der Waals surface area (Å²) in [5, 5.41) is 9.98. The first-order chi connectivity index (χ1) is 7.17. The van der Waals surface area contributed by atoms with E-state index in [-0.39, 0.29) is 17.6 Å². The summed E-state index contributed by atoms with van der Waals surface area (Å²) in [7, 11) is 1.70. The molecule has 0 aromatic heterocycles. The molecule has 0 saturated heterocycles. The van der Waals surface area contributed by atoms with Crippen molar-refractivity contribution in [1.82, 2.24) is 0 Å². The van der Waals surface area contributed by atoms with Gasteiger partial charge < -0.3 is 15.6 Å². The summed E-state index contributed by atoms with van der Waals surface area (Å²) in [6.07, 6.45) is 5.50. The Labute approximate surface area is 91.0 Å². The molecule has 3 saturated carbocycles. The molecule has 3 rings (SSSR count). The monoisotopic (exact) mass is 211 g/mol. The Morgan fingerprint density at radius 3 is 2.67 bits per heavy atom. The second-order valence-corrected chi connectivity index (χ2v) is 5.78. The third-order valence-electron chi connectivity index (χ3n) is 5.36. The van der Waals surface area contributed by atoms with E-state index in [9.17, 15) is 5.11 Å². The number of aliphatic hydroxyl groups is 1. The van der Waals surface area contributed by atoms with Gasteiger partial charge in [-0.3, -0.25) is 0 Å². The van der Waals surface area contributed by atoms with Crippen LogP contribution < -0.4 is 5.73 Å². The van der Waals surface area contributed by atoms with Crippen molar-refractivity contribution in [3.63, 3.8) is 0 Å². The molecule has 1 spiro atoms. The maximum Gasteiger partial charge on any atom is 0.0836 e. The third-order valence-corrected chi connectivity index (χ3v) is 5.36. The van der Waals surface area contributed by atoms with Gasteiger partial charge in [0.15, 0.2) is 0 Å². The van der Waals surface area contributed by atoms with Crippen molar-refractivity contribution in [1.29, 1.82) is 0 Å². The fourth-order valence-corrected chi connectivity index (χ4v) is 4.57. The van der Waals surface area contributed by atoms with Crippen LogP contribution in [0.2, 0.25) is 0 Å². The fourth-order valence-electron chi connectivity index (χ4n) is 4.57. The summed E-state index contributed by atoms with van der Waals surface area (Å²) in [5.74, 6) is 1.48. The highest BCUT2D eigenvalue weighted by Gasteiger charge is 2.61. The van der Waals surface area contributed by atoms with Gasteiger partial charge in [-0.25, -0.2) is 0 Å². The highest BCUT2D eigenvalue weighted by atomic mass is 16.5. The van der Waals surface area contributed by atoms with Crippen LogP contribution in [0.4, 0.5) is 0 Å². The molecule has 2 bridgehead atoms. The second kappa shape index (κ2) is 3.19. The largest absolute Gasteiger partial charge is 0.390 e. The van der Waals surface area contributed by atoms with Gasteiger partial charge in [0.25, 0.3) is 0 Å². The number of hydrogen-bond donors (Lipinski definition) is 2. The van der Waals surface area contributed by atoms with Crippen molar-refractivity contribution in [3.05, 3.63) is 0 Å². The van der Waals surface area contributed by atoms with Crippen molar-refractivity contribution < 1.29 is 9.84 Å². The summed E-state index contributed by atoms with van der Waals surface area (Å²) in [6, 6.07) is 0.311. The molecule has 0 aromatic rings. The van der Waals surface area contributed by atoms with E-state index in [2.05, 4.69) is 0 Å². The van der Waals surface area contributed by atoms with Crippen LogP contribution in [0.25, 0.3) is 0 Å². The average Bonchev–Trinajstić information content (AvgIpc) is 2.85. The Morgan fingerprint density at radius 2 is 2.13 bits per heavy atom. The fraction of sp³-hybridized carbons (Fsp3) is 1.00. The standard InChI is InChI=1S/C12H21NO2/c1-15-10-6-12(5-9(10)14)8-3-2-7(4-8)11(12)13/h7-11,14H,2-6,13H2,1H3/t7?,8?,9?,10-,11-,12+/m1/s1. The molecule has 0 aliphatic heterocycles. The molecule has 6 atom stereocenters. The van der Waals surface area contributed by atoms with E-state index >= 15 is 0 Å². The van der Waals surface area contributed by atoms with E-state index in [0.717, 1.165) is 24.7 Å². The third kappa shape index (κ3) is 1.17. The predicted molar refractivity (Wildman–Crippen MR) is 57.3 cm³/mol. The Balaban J connectivity index is 1.86. The van der Waals surface area contributed by atoms with Crippen LogP contribution in [-0.2, 0) is 4.74 Å². The molecule has 15 heavy (non-hydrogen) atoms. The number of hydrogen-bond acceptors (Lipinski definition) is 3. The highest BCUT2D eigenvalue weighted by molar-refractivity contribution is 5.13. The molecule has 3 aliphatic rings. The topological polar surface area (TPSA) is 55.5 Å². The molecular weight excluding hydrogens is 190 g/mol. The number of rotatable bonds is 1. The van der Waals surface area contributed by atoms with Gasteiger partial charge in [0, 0.05) is 13.2 Å². The quantitative estimate of drug-likeness (QED) is 0.677. The zero-order valence-corrected chi connectivity index (χ0v) is 9.36. The summed E-state index contributed by atoms with van der Waals surface area (Å²) in [6.45, 7) is 0. The lowest BCUT2D eigenvalue weighted by molar-refractivity contribution is 0.00927. The van der Waals surface area contributed by atoms with Crippen molar-refractivity contribution >= 4 is 0 Å². The minimum Gasteiger partial charge on any atom is -0.390 e. The number of nitrogens with two attached hydrogens (primary N) is 1. The number of aliphatic hydroxyl groups excluding tert-OH is 1. The minimum absolute atomic E-state index is 0.0235. The SMILES string of the molecule is CO[C@@H]1C[C@@]2(CC1O)C1CCC(C1)[C@H]2N. The maximum atomic E-state index is 9.98. The van der Waals surface area contributed by atoms with Gasteiger partial charge in [0.05, 0.1) is 12.2 Å². The van der Waals surface area contributed by atoms with E-state index < -0.39 is 0 Å². The van der Waals surface area contributed by atoms with E-state index in [0.29, 0.717) is 6.04 Å². The Hall–Kier alpha value is -0.120. The van der Waals surface area contributed by atoms with Crippen LogP contribution >= 0.6 is 0 Å². The van der Waals surface area contributed by atoms with Gasteiger partial charge in [0.2, 0.25) is 0 Å². The molecule has 0 heterocycles. The molecule has 3 unspecified atom stereocenters. The van der Waals surface area contributed by atoms with Gasteiger partial charge in [0.1, 0.15) is 0 Å². The van der Waals surface area contributed by atoms with Crippen LogP contribution in [-0.4, -0.2) is 30.5 Å². The zero-order chi connectivity index (χ0) is 10.6. The molecule has 86 valence electrons. The molecular formula is C12H21NO2. The smallest absolute Gasteiger partial charge is 0.0836 e. The summed E-state index contributed by atoms with van der Waals surface area (Å²) < 4.78 is 5.36. The summed E-state index contributed by atoms with van der Waals surface area (Å²) in [5.41, 5.74) is 6.58. The van der Waals surface area contributed by atoms with Crippen LogP contribution in [0.3, 0.4) is 0 Å². The first-order valence-corrected chi connectivity index (χ1v) is 6.14. The van der Waals surface area contributed by atoms with Crippen molar-refractivity contribution in [3.8, 4) is 0 Å². The lowest BCUT2D eigenvalue weighted by atomic mass is 9.69. The molecule has 3 heteroatoms. The molecule has 3 N–H and O–H groups in total. The van der Waals surface area contributed by atoms with Gasteiger partial charge in [-0.15, -0.1) is 0 Å². The maximum absolute atomic E-state index is 9.98. The van der Waals surface area contributed by atoms with Crippen molar-refractivity contribution in [2.75, 3.05) is 7.11 Å². The van der Waals surface area contributed by atoms with Gasteiger partial charge >= 0.3 is 0 Å². The highest BCUT2D eigenvalue weighted by Crippen LogP contribution is 2.62. The molecule has 3 fully saturated rings. The van der Waals surface area contributed by atoms with E-state index in [1.165, 1.54) is 19.3 Å². The normalized spacial score (nSPS) is 58.2. The summed E-state index contributed by atoms with van der Waals surface area (Å²) in [4.78, 5) is 0. The van der Waals surface area contributed by atoms with Crippen LogP contribution in [0.15, 0.2) is 0 Å². The molecule has 3 aliphatic carbocycles. The number of fused-ring (bicyclic) bond motifs is 3. The van der Waals surface area contributed by atoms with E-state index in [1.807, 2.05) is 0 Å². The first kappa shape index (κ1) is 10.1. The van der Waals surface area contributed by atoms with Crippen LogP contribution in [0.1, 0.15) is 32.1 Å². The van der Waals surface area contributed by atoms with Crippen molar-refractivity contribution in [2.45, 2.75) is 50.4 Å². The Morgan fingerprint density at radius 1 is 1.33 bits per heavy atom. The van der Waals surface area contributed by atoms with Crippen LogP contribution in [0, 0.1) is 17.3 Å². The summed E-state index contributed by atoms with van der Waals surface area (Å²) >= 11 is 0. The minimum atomic E-state index is -0.291. The zero-order valence-electron chi connectivity index (χ0n) is 9.36. The molecule has 0 radical (unpaired) electrons. The van der Waals surface area contributed by atoms with Gasteiger partial charge in [-0.1, -0.05) is 0 Å². The van der Waals surface area contributed by atoms with Gasteiger partial charge in [-0.05, 0) is 49.4 Å². The predicted octanol–water partition coefficient (Wildman–Crippen LogP) is 0.900. The van der Waals surface area contributed by atoms with Crippen LogP contribution in [0.5, 0.6) is 0 Å². The van der Waals surface area contributed by atoms with E-state index in [4.69, 9.17) is 10.5 Å².